The van der Waals surface area contributed by atoms with Gasteiger partial charge in [0.1, 0.15) is 17.1 Å². The number of phenols is 5. The molecule has 0 unspecified atom stereocenters. The van der Waals surface area contributed by atoms with E-state index in [1.54, 1.807) is 6.92 Å². The Morgan fingerprint density at radius 1 is 0.800 bits per heavy atom. The predicted octanol–water partition coefficient (Wildman–Crippen LogP) is 1.75. The van der Waals surface area contributed by atoms with Crippen LogP contribution in [0.4, 0.5) is 0 Å². The van der Waals surface area contributed by atoms with Crippen LogP contribution in [0.2, 0.25) is 0 Å². The third kappa shape index (κ3) is 2.18. The van der Waals surface area contributed by atoms with Crippen LogP contribution in [0.25, 0.3) is 0 Å². The Kier molecular flexibility index (Phi) is 3.15. The van der Waals surface area contributed by atoms with Crippen molar-refractivity contribution in [2.75, 3.05) is 0 Å². The predicted molar refractivity (Wildman–Crippen MR) is 69.4 cm³/mol. The summed E-state index contributed by atoms with van der Waals surface area (Å²) in [7, 11) is 0. The maximum atomic E-state index is 12.2. The molecule has 0 bridgehead atoms. The van der Waals surface area contributed by atoms with Gasteiger partial charge in [0.25, 0.3) is 0 Å². The monoisotopic (exact) mass is 276 g/mol. The van der Waals surface area contributed by atoms with Crippen molar-refractivity contribution in [2.24, 2.45) is 0 Å². The summed E-state index contributed by atoms with van der Waals surface area (Å²) in [5.74, 6) is -3.75. The first-order valence-corrected chi connectivity index (χ1v) is 5.63. The van der Waals surface area contributed by atoms with Crippen LogP contribution in [0.15, 0.2) is 24.3 Å². The first-order chi connectivity index (χ1) is 9.31. The van der Waals surface area contributed by atoms with E-state index < -0.39 is 34.5 Å². The molecule has 104 valence electrons. The normalized spacial score (nSPS) is 10.4. The minimum Gasteiger partial charge on any atom is -0.507 e. The highest BCUT2D eigenvalue weighted by Gasteiger charge is 2.21. The average Bonchev–Trinajstić information content (AvgIpc) is 2.33. The third-order valence-electron chi connectivity index (χ3n) is 2.80. The molecule has 0 aromatic heterocycles. The molecule has 20 heavy (non-hydrogen) atoms. The Hall–Kier alpha value is -2.89. The van der Waals surface area contributed by atoms with Crippen LogP contribution < -0.4 is 0 Å². The van der Waals surface area contributed by atoms with Crippen LogP contribution >= 0.6 is 0 Å². The molecule has 0 atom stereocenters. The van der Waals surface area contributed by atoms with Gasteiger partial charge in [-0.05, 0) is 36.8 Å². The van der Waals surface area contributed by atoms with Gasteiger partial charge in [-0.2, -0.15) is 0 Å². The third-order valence-corrected chi connectivity index (χ3v) is 2.80. The summed E-state index contributed by atoms with van der Waals surface area (Å²) in [5.41, 5.74) is 0.0280. The lowest BCUT2D eigenvalue weighted by molar-refractivity contribution is 0.103. The zero-order valence-electron chi connectivity index (χ0n) is 10.5. The van der Waals surface area contributed by atoms with Gasteiger partial charge in [-0.25, -0.2) is 0 Å². The zero-order chi connectivity index (χ0) is 15.0. The van der Waals surface area contributed by atoms with Crippen LogP contribution in [0.1, 0.15) is 21.5 Å². The van der Waals surface area contributed by atoms with Gasteiger partial charge in [-0.3, -0.25) is 4.79 Å². The quantitative estimate of drug-likeness (QED) is 0.421. The van der Waals surface area contributed by atoms with Crippen molar-refractivity contribution >= 4 is 5.78 Å². The molecule has 0 aliphatic carbocycles. The number of rotatable bonds is 2. The fraction of sp³-hybridized carbons (Fsp3) is 0.0714. The number of benzene rings is 2. The SMILES string of the molecule is Cc1cc(O)c(C(=O)c2cc(O)c(O)c(O)c2)c(O)c1. The lowest BCUT2D eigenvalue weighted by atomic mass is 9.99. The molecule has 0 aliphatic heterocycles. The van der Waals surface area contributed by atoms with Crippen molar-refractivity contribution in [2.45, 2.75) is 6.92 Å². The maximum Gasteiger partial charge on any atom is 0.200 e. The van der Waals surface area contributed by atoms with Crippen LogP contribution in [0.3, 0.4) is 0 Å². The van der Waals surface area contributed by atoms with Crippen molar-refractivity contribution in [1.82, 2.24) is 0 Å². The summed E-state index contributed by atoms with van der Waals surface area (Å²) < 4.78 is 0. The Morgan fingerprint density at radius 2 is 1.25 bits per heavy atom. The maximum absolute atomic E-state index is 12.2. The number of ketones is 1. The first-order valence-electron chi connectivity index (χ1n) is 5.63. The van der Waals surface area contributed by atoms with Gasteiger partial charge in [0, 0.05) is 5.56 Å². The molecule has 0 radical (unpaired) electrons. The summed E-state index contributed by atoms with van der Waals surface area (Å²) in [6, 6.07) is 4.45. The molecule has 0 saturated carbocycles. The van der Waals surface area contributed by atoms with Crippen LogP contribution in [0, 0.1) is 6.92 Å². The number of carbonyl (C=O) groups excluding carboxylic acids is 1. The van der Waals surface area contributed by atoms with Crippen LogP contribution in [-0.4, -0.2) is 31.3 Å². The fourth-order valence-corrected chi connectivity index (χ4v) is 1.86. The average molecular weight is 276 g/mol. The van der Waals surface area contributed by atoms with E-state index >= 15 is 0 Å². The molecule has 0 saturated heterocycles. The molecular formula is C14H12O6. The van der Waals surface area contributed by atoms with E-state index in [1.165, 1.54) is 12.1 Å². The Labute approximate surface area is 113 Å². The van der Waals surface area contributed by atoms with Gasteiger partial charge < -0.3 is 25.5 Å². The molecule has 6 nitrogen and oxygen atoms in total. The summed E-state index contributed by atoms with van der Waals surface area (Å²) >= 11 is 0. The standard InChI is InChI=1S/C14H12O6/c1-6-2-8(15)12(9(16)3-6)13(19)7-4-10(17)14(20)11(18)5-7/h2-5,15-18,20H,1H3. The molecule has 2 aromatic rings. The van der Waals surface area contributed by atoms with Crippen LogP contribution in [0.5, 0.6) is 28.7 Å². The molecule has 0 amide bonds. The van der Waals surface area contributed by atoms with Gasteiger partial charge in [-0.15, -0.1) is 0 Å². The number of aryl methyl sites for hydroxylation is 1. The highest BCUT2D eigenvalue weighted by molar-refractivity contribution is 6.13. The van der Waals surface area contributed by atoms with Gasteiger partial charge in [0.2, 0.25) is 5.78 Å². The van der Waals surface area contributed by atoms with Gasteiger partial charge in [0.05, 0.1) is 0 Å². The van der Waals surface area contributed by atoms with Gasteiger partial charge in [-0.1, -0.05) is 0 Å². The number of hydrogen-bond donors (Lipinski definition) is 5. The van der Waals surface area contributed by atoms with E-state index in [9.17, 15) is 30.3 Å². The minimum absolute atomic E-state index is 0.188. The molecule has 2 aromatic carbocycles. The number of phenolic OH excluding ortho intramolecular Hbond substituents is 5. The summed E-state index contributed by atoms with van der Waals surface area (Å²) in [5, 5.41) is 47.4. The van der Waals surface area contributed by atoms with Crippen LogP contribution in [-0.2, 0) is 0 Å². The van der Waals surface area contributed by atoms with E-state index in [0.29, 0.717) is 5.56 Å². The Bertz CT molecular complexity index is 659. The lowest BCUT2D eigenvalue weighted by Gasteiger charge is -2.09. The van der Waals surface area contributed by atoms with Gasteiger partial charge in [0.15, 0.2) is 17.2 Å². The van der Waals surface area contributed by atoms with E-state index in [0.717, 1.165) is 12.1 Å². The molecule has 2 rings (SSSR count). The smallest absolute Gasteiger partial charge is 0.200 e. The molecule has 0 spiro atoms. The molecule has 6 heteroatoms. The van der Waals surface area contributed by atoms with Crippen molar-refractivity contribution in [3.8, 4) is 28.7 Å². The Morgan fingerprint density at radius 3 is 1.70 bits per heavy atom. The molecule has 0 fully saturated rings. The summed E-state index contributed by atoms with van der Waals surface area (Å²) in [4.78, 5) is 12.2. The molecular weight excluding hydrogens is 264 g/mol. The number of aromatic hydroxyl groups is 5. The second-order valence-corrected chi connectivity index (χ2v) is 4.37. The van der Waals surface area contributed by atoms with Crippen molar-refractivity contribution in [3.63, 3.8) is 0 Å². The first kappa shape index (κ1) is 13.5. The van der Waals surface area contributed by atoms with E-state index in [-0.39, 0.29) is 11.1 Å². The molecule has 0 aliphatic rings. The zero-order valence-corrected chi connectivity index (χ0v) is 10.5. The molecule has 5 N–H and O–H groups in total. The van der Waals surface area contributed by atoms with E-state index in [4.69, 9.17) is 0 Å². The number of hydrogen-bond acceptors (Lipinski definition) is 6. The number of carbonyl (C=O) groups is 1. The highest BCUT2D eigenvalue weighted by atomic mass is 16.3. The second kappa shape index (κ2) is 4.65. The lowest BCUT2D eigenvalue weighted by Crippen LogP contribution is -2.02. The van der Waals surface area contributed by atoms with E-state index in [1.807, 2.05) is 0 Å². The molecule has 0 heterocycles. The largest absolute Gasteiger partial charge is 0.507 e. The summed E-state index contributed by atoms with van der Waals surface area (Å²) in [6.07, 6.45) is 0. The van der Waals surface area contributed by atoms with Crippen molar-refractivity contribution < 1.29 is 30.3 Å². The fourth-order valence-electron chi connectivity index (χ4n) is 1.86. The summed E-state index contributed by atoms with van der Waals surface area (Å²) in [6.45, 7) is 1.63. The topological polar surface area (TPSA) is 118 Å². The Balaban J connectivity index is 2.58. The minimum atomic E-state index is -0.800. The second-order valence-electron chi connectivity index (χ2n) is 4.37. The highest BCUT2D eigenvalue weighted by Crippen LogP contribution is 2.38. The van der Waals surface area contributed by atoms with Crippen molar-refractivity contribution in [3.05, 3.63) is 41.0 Å². The van der Waals surface area contributed by atoms with Gasteiger partial charge >= 0.3 is 0 Å². The van der Waals surface area contributed by atoms with Crippen molar-refractivity contribution in [1.29, 1.82) is 0 Å². The van der Waals surface area contributed by atoms with E-state index in [2.05, 4.69) is 0 Å².